The van der Waals surface area contributed by atoms with E-state index in [1.54, 1.807) is 0 Å². The van der Waals surface area contributed by atoms with E-state index in [2.05, 4.69) is 5.32 Å². The molecular formula is C14H21NO2S. The van der Waals surface area contributed by atoms with E-state index in [-0.39, 0.29) is 5.91 Å². The van der Waals surface area contributed by atoms with Gasteiger partial charge in [0.15, 0.2) is 0 Å². The summed E-state index contributed by atoms with van der Waals surface area (Å²) in [6.45, 7) is 2.36. The fraction of sp³-hybridized carbons (Fsp3) is 0.643. The minimum Gasteiger partial charge on any atom is -0.388 e. The smallest absolute Gasteiger partial charge is 0.261 e. The normalized spacial score (nSPS) is 19.2. The highest BCUT2D eigenvalue weighted by Crippen LogP contribution is 2.26. The van der Waals surface area contributed by atoms with Gasteiger partial charge < -0.3 is 10.4 Å². The molecule has 1 fully saturated rings. The molecule has 1 amide bonds. The second-order valence-corrected chi connectivity index (χ2v) is 6.52. The molecule has 0 atom stereocenters. The van der Waals surface area contributed by atoms with E-state index in [0.717, 1.165) is 35.4 Å². The lowest BCUT2D eigenvalue weighted by Gasteiger charge is -2.26. The summed E-state index contributed by atoms with van der Waals surface area (Å²) in [5.74, 6) is -0.0641. The summed E-state index contributed by atoms with van der Waals surface area (Å²) in [6.07, 6.45) is 6.11. The molecule has 0 unspecified atom stereocenters. The third-order valence-electron chi connectivity index (χ3n) is 3.58. The van der Waals surface area contributed by atoms with Crippen molar-refractivity contribution in [3.63, 3.8) is 0 Å². The molecule has 1 heterocycles. The molecule has 0 aromatic carbocycles. The number of aryl methyl sites for hydroxylation is 1. The first kappa shape index (κ1) is 13.6. The van der Waals surface area contributed by atoms with Gasteiger partial charge in [-0.05, 0) is 31.9 Å². The van der Waals surface area contributed by atoms with Crippen molar-refractivity contribution in [3.05, 3.63) is 21.9 Å². The second-order valence-electron chi connectivity index (χ2n) is 5.23. The van der Waals surface area contributed by atoms with Gasteiger partial charge in [0, 0.05) is 11.4 Å². The molecule has 1 aliphatic rings. The summed E-state index contributed by atoms with van der Waals surface area (Å²) >= 11 is 1.49. The summed E-state index contributed by atoms with van der Waals surface area (Å²) < 4.78 is 0. The topological polar surface area (TPSA) is 49.3 Å². The third kappa shape index (κ3) is 3.56. The molecule has 4 heteroatoms. The van der Waals surface area contributed by atoms with Gasteiger partial charge >= 0.3 is 0 Å². The predicted octanol–water partition coefficient (Wildman–Crippen LogP) is 2.87. The van der Waals surface area contributed by atoms with Crippen LogP contribution in [0.25, 0.3) is 0 Å². The molecule has 0 bridgehead atoms. The summed E-state index contributed by atoms with van der Waals surface area (Å²) in [5, 5.41) is 13.3. The number of carbonyl (C=O) groups is 1. The standard InChI is InChI=1S/C14H21NO2S/c1-11-6-7-12(18-11)13(16)15-10-14(17)8-4-2-3-5-9-14/h6-7,17H,2-5,8-10H2,1H3,(H,15,16). The molecule has 0 radical (unpaired) electrons. The summed E-state index contributed by atoms with van der Waals surface area (Å²) in [7, 11) is 0. The van der Waals surface area contributed by atoms with Crippen molar-refractivity contribution in [1.82, 2.24) is 5.32 Å². The van der Waals surface area contributed by atoms with Crippen LogP contribution in [-0.4, -0.2) is 23.2 Å². The molecule has 1 aromatic heterocycles. The van der Waals surface area contributed by atoms with Gasteiger partial charge in [0.1, 0.15) is 0 Å². The SMILES string of the molecule is Cc1ccc(C(=O)NCC2(O)CCCCCC2)s1. The number of nitrogens with one attached hydrogen (secondary N) is 1. The van der Waals surface area contributed by atoms with Crippen molar-refractivity contribution < 1.29 is 9.90 Å². The van der Waals surface area contributed by atoms with Crippen LogP contribution in [0.5, 0.6) is 0 Å². The van der Waals surface area contributed by atoms with Crippen LogP contribution in [0.1, 0.15) is 53.1 Å². The van der Waals surface area contributed by atoms with Gasteiger partial charge in [-0.1, -0.05) is 25.7 Å². The average molecular weight is 267 g/mol. The van der Waals surface area contributed by atoms with E-state index in [9.17, 15) is 9.90 Å². The van der Waals surface area contributed by atoms with E-state index in [1.807, 2.05) is 19.1 Å². The van der Waals surface area contributed by atoms with Crippen LogP contribution in [0.2, 0.25) is 0 Å². The van der Waals surface area contributed by atoms with Gasteiger partial charge in [0.2, 0.25) is 0 Å². The van der Waals surface area contributed by atoms with E-state index >= 15 is 0 Å². The zero-order valence-electron chi connectivity index (χ0n) is 10.9. The Hall–Kier alpha value is -0.870. The Bertz CT molecular complexity index is 406. The number of hydrogen-bond acceptors (Lipinski definition) is 3. The van der Waals surface area contributed by atoms with Gasteiger partial charge in [-0.25, -0.2) is 0 Å². The lowest BCUT2D eigenvalue weighted by Crippen LogP contribution is -2.42. The van der Waals surface area contributed by atoms with Gasteiger partial charge in [-0.2, -0.15) is 0 Å². The summed E-state index contributed by atoms with van der Waals surface area (Å²) in [6, 6.07) is 3.78. The molecule has 1 aliphatic carbocycles. The van der Waals surface area contributed by atoms with Crippen molar-refractivity contribution in [1.29, 1.82) is 0 Å². The molecule has 100 valence electrons. The molecular weight excluding hydrogens is 246 g/mol. The number of carbonyl (C=O) groups excluding carboxylic acids is 1. The van der Waals surface area contributed by atoms with Gasteiger partial charge in [0.05, 0.1) is 10.5 Å². The van der Waals surface area contributed by atoms with Gasteiger partial charge in [-0.15, -0.1) is 11.3 Å². The second kappa shape index (κ2) is 5.85. The fourth-order valence-corrected chi connectivity index (χ4v) is 3.24. The molecule has 3 nitrogen and oxygen atoms in total. The largest absolute Gasteiger partial charge is 0.388 e. The van der Waals surface area contributed by atoms with Crippen molar-refractivity contribution in [2.75, 3.05) is 6.54 Å². The highest BCUT2D eigenvalue weighted by molar-refractivity contribution is 7.13. The van der Waals surface area contributed by atoms with Crippen molar-refractivity contribution in [3.8, 4) is 0 Å². The molecule has 18 heavy (non-hydrogen) atoms. The molecule has 2 rings (SSSR count). The highest BCUT2D eigenvalue weighted by atomic mass is 32.1. The lowest BCUT2D eigenvalue weighted by atomic mass is 9.94. The van der Waals surface area contributed by atoms with Crippen molar-refractivity contribution >= 4 is 17.2 Å². The number of rotatable bonds is 3. The van der Waals surface area contributed by atoms with E-state index in [1.165, 1.54) is 24.2 Å². The van der Waals surface area contributed by atoms with Crippen LogP contribution >= 0.6 is 11.3 Å². The summed E-state index contributed by atoms with van der Waals surface area (Å²) in [5.41, 5.74) is -0.696. The molecule has 0 aliphatic heterocycles. The maximum Gasteiger partial charge on any atom is 0.261 e. The fourth-order valence-electron chi connectivity index (χ4n) is 2.45. The number of thiophene rings is 1. The van der Waals surface area contributed by atoms with Gasteiger partial charge in [-0.3, -0.25) is 4.79 Å². The monoisotopic (exact) mass is 267 g/mol. The van der Waals surface area contributed by atoms with E-state index in [0.29, 0.717) is 6.54 Å². The zero-order chi connectivity index (χ0) is 13.0. The minimum absolute atomic E-state index is 0.0641. The van der Waals surface area contributed by atoms with Crippen LogP contribution < -0.4 is 5.32 Å². The van der Waals surface area contributed by atoms with Crippen LogP contribution in [0, 0.1) is 6.92 Å². The Balaban J connectivity index is 1.88. The average Bonchev–Trinajstić information content (AvgIpc) is 2.66. The maximum absolute atomic E-state index is 11.9. The van der Waals surface area contributed by atoms with Crippen LogP contribution in [0.3, 0.4) is 0 Å². The van der Waals surface area contributed by atoms with Gasteiger partial charge in [0.25, 0.3) is 5.91 Å². The van der Waals surface area contributed by atoms with Crippen LogP contribution in [-0.2, 0) is 0 Å². The van der Waals surface area contributed by atoms with E-state index < -0.39 is 5.60 Å². The summed E-state index contributed by atoms with van der Waals surface area (Å²) in [4.78, 5) is 13.8. The Morgan fingerprint density at radius 3 is 2.56 bits per heavy atom. The van der Waals surface area contributed by atoms with E-state index in [4.69, 9.17) is 0 Å². The zero-order valence-corrected chi connectivity index (χ0v) is 11.7. The minimum atomic E-state index is -0.696. The Labute approximate surface area is 112 Å². The number of amides is 1. The maximum atomic E-state index is 11.9. The molecule has 1 aromatic rings. The molecule has 2 N–H and O–H groups in total. The van der Waals surface area contributed by atoms with Crippen molar-refractivity contribution in [2.24, 2.45) is 0 Å². The third-order valence-corrected chi connectivity index (χ3v) is 4.58. The molecule has 1 saturated carbocycles. The number of aliphatic hydroxyl groups is 1. The predicted molar refractivity (Wildman–Crippen MR) is 74.0 cm³/mol. The molecule has 0 spiro atoms. The molecule has 0 saturated heterocycles. The van der Waals surface area contributed by atoms with Crippen LogP contribution in [0.15, 0.2) is 12.1 Å². The Morgan fingerprint density at radius 1 is 1.33 bits per heavy atom. The Kier molecular flexibility index (Phi) is 4.40. The number of hydrogen-bond donors (Lipinski definition) is 2. The van der Waals surface area contributed by atoms with Crippen LogP contribution in [0.4, 0.5) is 0 Å². The Morgan fingerprint density at radius 2 is 2.00 bits per heavy atom. The lowest BCUT2D eigenvalue weighted by molar-refractivity contribution is 0.0247. The highest BCUT2D eigenvalue weighted by Gasteiger charge is 2.28. The first-order chi connectivity index (χ1) is 8.59. The van der Waals surface area contributed by atoms with Crippen molar-refractivity contribution in [2.45, 2.75) is 51.0 Å². The first-order valence-electron chi connectivity index (χ1n) is 6.66. The quantitative estimate of drug-likeness (QED) is 0.827. The first-order valence-corrected chi connectivity index (χ1v) is 7.48.